The van der Waals surface area contributed by atoms with E-state index in [2.05, 4.69) is 0 Å². The number of rotatable bonds is 3. The lowest BCUT2D eigenvalue weighted by Crippen LogP contribution is -2.27. The van der Waals surface area contributed by atoms with Gasteiger partial charge in [-0.2, -0.15) is 0 Å². The van der Waals surface area contributed by atoms with Gasteiger partial charge in [-0.1, -0.05) is 23.7 Å². The van der Waals surface area contributed by atoms with Crippen molar-refractivity contribution in [2.45, 2.75) is 12.5 Å². The maximum atomic E-state index is 12.9. The first kappa shape index (κ1) is 10.4. The van der Waals surface area contributed by atoms with Crippen LogP contribution >= 0.6 is 11.6 Å². The van der Waals surface area contributed by atoms with Crippen LogP contribution in [0, 0.1) is 5.82 Å². The first-order valence-electron chi connectivity index (χ1n) is 3.94. The van der Waals surface area contributed by atoms with E-state index in [4.69, 9.17) is 22.4 Å². The van der Waals surface area contributed by atoms with Gasteiger partial charge < -0.3 is 10.8 Å². The number of aliphatic hydroxyl groups is 1. The zero-order chi connectivity index (χ0) is 9.84. The Hall–Kier alpha value is -0.640. The van der Waals surface area contributed by atoms with Gasteiger partial charge in [-0.15, -0.1) is 0 Å². The standard InChI is InChI=1S/C9H11ClFNO/c10-9-6(4-7(12)5-13)2-1-3-8(9)11/h1-3,7,13H,4-5,12H2. The number of hydrogen-bond donors (Lipinski definition) is 2. The van der Waals surface area contributed by atoms with Crippen LogP contribution in [0.5, 0.6) is 0 Å². The van der Waals surface area contributed by atoms with E-state index in [0.29, 0.717) is 12.0 Å². The highest BCUT2D eigenvalue weighted by molar-refractivity contribution is 6.31. The molecule has 0 saturated heterocycles. The molecule has 1 aromatic rings. The molecular formula is C9H11ClFNO. The molecule has 1 atom stereocenters. The summed E-state index contributed by atoms with van der Waals surface area (Å²) >= 11 is 5.68. The molecular weight excluding hydrogens is 193 g/mol. The molecule has 0 aliphatic rings. The third kappa shape index (κ3) is 2.66. The molecule has 0 aliphatic carbocycles. The molecule has 0 aliphatic heterocycles. The normalized spacial score (nSPS) is 12.9. The summed E-state index contributed by atoms with van der Waals surface area (Å²) in [5.74, 6) is -0.454. The topological polar surface area (TPSA) is 46.2 Å². The van der Waals surface area contributed by atoms with Crippen molar-refractivity contribution in [1.29, 1.82) is 0 Å². The zero-order valence-corrected chi connectivity index (χ0v) is 7.76. The summed E-state index contributed by atoms with van der Waals surface area (Å²) in [6.45, 7) is -0.132. The molecule has 0 saturated carbocycles. The monoisotopic (exact) mass is 203 g/mol. The lowest BCUT2D eigenvalue weighted by atomic mass is 10.1. The van der Waals surface area contributed by atoms with Crippen LogP contribution < -0.4 is 5.73 Å². The Kier molecular flexibility index (Phi) is 3.66. The zero-order valence-electron chi connectivity index (χ0n) is 7.00. The molecule has 1 aromatic carbocycles. The maximum Gasteiger partial charge on any atom is 0.142 e. The van der Waals surface area contributed by atoms with Crippen molar-refractivity contribution >= 4 is 11.6 Å². The van der Waals surface area contributed by atoms with Gasteiger partial charge in [0.25, 0.3) is 0 Å². The highest BCUT2D eigenvalue weighted by Gasteiger charge is 2.08. The fraction of sp³-hybridized carbons (Fsp3) is 0.333. The molecule has 4 heteroatoms. The van der Waals surface area contributed by atoms with Gasteiger partial charge in [-0.3, -0.25) is 0 Å². The lowest BCUT2D eigenvalue weighted by molar-refractivity contribution is 0.265. The van der Waals surface area contributed by atoms with Crippen molar-refractivity contribution in [2.75, 3.05) is 6.61 Å². The van der Waals surface area contributed by atoms with E-state index in [1.165, 1.54) is 6.07 Å². The quantitative estimate of drug-likeness (QED) is 0.779. The molecule has 1 unspecified atom stereocenters. The number of halogens is 2. The molecule has 72 valence electrons. The number of benzene rings is 1. The van der Waals surface area contributed by atoms with Gasteiger partial charge >= 0.3 is 0 Å². The predicted molar refractivity (Wildman–Crippen MR) is 50.2 cm³/mol. The largest absolute Gasteiger partial charge is 0.395 e. The Labute approximate surface area is 81.1 Å². The highest BCUT2D eigenvalue weighted by atomic mass is 35.5. The Morgan fingerprint density at radius 3 is 2.85 bits per heavy atom. The molecule has 0 spiro atoms. The summed E-state index contributed by atoms with van der Waals surface area (Å²) in [4.78, 5) is 0. The van der Waals surface area contributed by atoms with E-state index in [0.717, 1.165) is 0 Å². The van der Waals surface area contributed by atoms with Crippen LogP contribution in [-0.4, -0.2) is 17.8 Å². The van der Waals surface area contributed by atoms with E-state index in [-0.39, 0.29) is 17.7 Å². The average molecular weight is 204 g/mol. The first-order valence-corrected chi connectivity index (χ1v) is 4.32. The molecule has 3 N–H and O–H groups in total. The fourth-order valence-corrected chi connectivity index (χ4v) is 1.26. The number of nitrogens with two attached hydrogens (primary N) is 1. The summed E-state index contributed by atoms with van der Waals surface area (Å²) < 4.78 is 12.9. The van der Waals surface area contributed by atoms with Gasteiger partial charge in [0, 0.05) is 6.04 Å². The molecule has 0 radical (unpaired) electrons. The Bertz CT molecular complexity index is 293. The Morgan fingerprint density at radius 2 is 2.23 bits per heavy atom. The van der Waals surface area contributed by atoms with Crippen molar-refractivity contribution < 1.29 is 9.50 Å². The van der Waals surface area contributed by atoms with E-state index in [9.17, 15) is 4.39 Å². The first-order chi connectivity index (χ1) is 6.15. The van der Waals surface area contributed by atoms with Crippen molar-refractivity contribution in [1.82, 2.24) is 0 Å². The number of aliphatic hydroxyl groups excluding tert-OH is 1. The van der Waals surface area contributed by atoms with E-state index < -0.39 is 5.82 Å². The Morgan fingerprint density at radius 1 is 1.54 bits per heavy atom. The van der Waals surface area contributed by atoms with Crippen LogP contribution in [0.15, 0.2) is 18.2 Å². The van der Waals surface area contributed by atoms with Gasteiger partial charge in [0.1, 0.15) is 5.82 Å². The lowest BCUT2D eigenvalue weighted by Gasteiger charge is -2.09. The molecule has 0 heterocycles. The summed E-state index contributed by atoms with van der Waals surface area (Å²) in [6.07, 6.45) is 0.382. The van der Waals surface area contributed by atoms with E-state index in [1.807, 2.05) is 0 Å². The van der Waals surface area contributed by atoms with Crippen LogP contribution in [0.4, 0.5) is 4.39 Å². The minimum Gasteiger partial charge on any atom is -0.395 e. The SMILES string of the molecule is NC(CO)Cc1cccc(F)c1Cl. The summed E-state index contributed by atoms with van der Waals surface area (Å²) in [5.41, 5.74) is 6.12. The second kappa shape index (κ2) is 4.56. The van der Waals surface area contributed by atoms with Crippen LogP contribution in [0.25, 0.3) is 0 Å². The van der Waals surface area contributed by atoms with Crippen LogP contribution in [-0.2, 0) is 6.42 Å². The van der Waals surface area contributed by atoms with E-state index >= 15 is 0 Å². The fourth-order valence-electron chi connectivity index (χ4n) is 1.05. The smallest absolute Gasteiger partial charge is 0.142 e. The minimum absolute atomic E-state index is 0.0893. The second-order valence-corrected chi connectivity index (χ2v) is 3.24. The van der Waals surface area contributed by atoms with Crippen molar-refractivity contribution in [2.24, 2.45) is 5.73 Å². The van der Waals surface area contributed by atoms with Gasteiger partial charge in [0.2, 0.25) is 0 Å². The van der Waals surface area contributed by atoms with Crippen LogP contribution in [0.3, 0.4) is 0 Å². The average Bonchev–Trinajstić information content (AvgIpc) is 2.13. The second-order valence-electron chi connectivity index (χ2n) is 2.86. The van der Waals surface area contributed by atoms with Gasteiger partial charge in [0.15, 0.2) is 0 Å². The summed E-state index contributed by atoms with van der Waals surface area (Å²) in [7, 11) is 0. The molecule has 0 aromatic heterocycles. The minimum atomic E-state index is -0.454. The molecule has 2 nitrogen and oxygen atoms in total. The van der Waals surface area contributed by atoms with Crippen molar-refractivity contribution in [3.8, 4) is 0 Å². The molecule has 0 bridgehead atoms. The molecule has 13 heavy (non-hydrogen) atoms. The van der Waals surface area contributed by atoms with Gasteiger partial charge in [-0.25, -0.2) is 4.39 Å². The third-order valence-electron chi connectivity index (χ3n) is 1.75. The summed E-state index contributed by atoms with van der Waals surface area (Å²) in [5, 5.41) is 8.78. The maximum absolute atomic E-state index is 12.9. The van der Waals surface area contributed by atoms with Crippen molar-refractivity contribution in [3.63, 3.8) is 0 Å². The molecule has 0 amide bonds. The highest BCUT2D eigenvalue weighted by Crippen LogP contribution is 2.20. The third-order valence-corrected chi connectivity index (χ3v) is 2.17. The Balaban J connectivity index is 2.83. The van der Waals surface area contributed by atoms with E-state index in [1.54, 1.807) is 12.1 Å². The van der Waals surface area contributed by atoms with Gasteiger partial charge in [0.05, 0.1) is 11.6 Å². The van der Waals surface area contributed by atoms with Crippen LogP contribution in [0.2, 0.25) is 5.02 Å². The molecule has 1 rings (SSSR count). The van der Waals surface area contributed by atoms with Gasteiger partial charge in [-0.05, 0) is 18.1 Å². The summed E-state index contributed by atoms with van der Waals surface area (Å²) in [6, 6.07) is 4.16. The molecule has 0 fully saturated rings. The number of hydrogen-bond acceptors (Lipinski definition) is 2. The predicted octanol–water partition coefficient (Wildman–Crippen LogP) is 1.34. The van der Waals surface area contributed by atoms with Crippen molar-refractivity contribution in [3.05, 3.63) is 34.6 Å². The van der Waals surface area contributed by atoms with Crippen LogP contribution in [0.1, 0.15) is 5.56 Å².